The molecule has 2 aromatic heterocycles. The highest BCUT2D eigenvalue weighted by Gasteiger charge is 2.45. The van der Waals surface area contributed by atoms with Crippen LogP contribution in [0.3, 0.4) is 0 Å². The van der Waals surface area contributed by atoms with Crippen LogP contribution in [-0.2, 0) is 32.5 Å². The highest BCUT2D eigenvalue weighted by Crippen LogP contribution is 2.51. The fourth-order valence-electron chi connectivity index (χ4n) is 15.6. The van der Waals surface area contributed by atoms with Gasteiger partial charge in [-0.05, 0) is 154 Å². The van der Waals surface area contributed by atoms with Crippen LogP contribution in [0.1, 0.15) is 158 Å². The van der Waals surface area contributed by atoms with E-state index in [-0.39, 0.29) is 39.2 Å². The lowest BCUT2D eigenvalue weighted by Gasteiger charge is -2.45. The van der Waals surface area contributed by atoms with Crippen molar-refractivity contribution >= 4 is 101 Å². The van der Waals surface area contributed by atoms with Gasteiger partial charge in [0.05, 0.1) is 22.1 Å². The molecular formula is C90H91BN4. The molecule has 0 atom stereocenters. The SMILES string of the molecule is CC(C)(C)c1cc(-c2cccc3c4ccccc4n(-c4ccc5c(c4)N(c4ccccc4C(C)(C)C)c4cccc6c4B5c4ccc(-n5c7ccccc7c7cccc(-c8cc(C(C)(C)C)cc(C(C)(C)C)c8)c75)cc4N6c4ccccc4C(C)(C)C)c23)cc(C(C)(C)C)c1. The zero-order chi connectivity index (χ0) is 66.8. The van der Waals surface area contributed by atoms with E-state index >= 15 is 0 Å². The summed E-state index contributed by atoms with van der Waals surface area (Å²) in [5.74, 6) is 0. The lowest BCUT2D eigenvalue weighted by Crippen LogP contribution is -2.61. The van der Waals surface area contributed by atoms with Gasteiger partial charge in [-0.2, -0.15) is 0 Å². The van der Waals surface area contributed by atoms with Crippen molar-refractivity contribution in [2.24, 2.45) is 0 Å². The van der Waals surface area contributed by atoms with Gasteiger partial charge in [-0.1, -0.05) is 288 Å². The molecule has 11 aromatic carbocycles. The van der Waals surface area contributed by atoms with Crippen LogP contribution in [0.15, 0.2) is 224 Å². The maximum atomic E-state index is 2.64. The number of rotatable bonds is 6. The zero-order valence-electron chi connectivity index (χ0n) is 59.2. The Morgan fingerprint density at radius 3 is 0.958 bits per heavy atom. The molecular weight excluding hydrogens is 1150 g/mol. The Bertz CT molecular complexity index is 4880. The van der Waals surface area contributed by atoms with Crippen LogP contribution in [0, 0.1) is 0 Å². The average Bonchev–Trinajstić information content (AvgIpc) is 1.40. The van der Waals surface area contributed by atoms with Gasteiger partial charge in [0.1, 0.15) is 0 Å². The van der Waals surface area contributed by atoms with Crippen molar-refractivity contribution in [1.82, 2.24) is 9.13 Å². The summed E-state index contributed by atoms with van der Waals surface area (Å²) in [6, 6.07) is 87.2. The van der Waals surface area contributed by atoms with E-state index in [1.165, 1.54) is 150 Å². The van der Waals surface area contributed by atoms with Gasteiger partial charge in [0.15, 0.2) is 0 Å². The van der Waals surface area contributed by atoms with Crippen molar-refractivity contribution in [2.75, 3.05) is 9.80 Å². The van der Waals surface area contributed by atoms with Crippen LogP contribution in [0.25, 0.3) is 77.2 Å². The minimum atomic E-state index is -0.174. The number of aromatic nitrogens is 2. The van der Waals surface area contributed by atoms with E-state index in [2.05, 4.69) is 368 Å². The summed E-state index contributed by atoms with van der Waals surface area (Å²) >= 11 is 0. The van der Waals surface area contributed by atoms with Gasteiger partial charge in [0, 0.05) is 78.2 Å². The Morgan fingerprint density at radius 2 is 0.589 bits per heavy atom. The number of nitrogens with zero attached hydrogens (tertiary/aromatic N) is 4. The van der Waals surface area contributed by atoms with E-state index < -0.39 is 0 Å². The first kappa shape index (κ1) is 61.8. The molecule has 0 N–H and O–H groups in total. The van der Waals surface area contributed by atoms with Gasteiger partial charge in [0.25, 0.3) is 6.71 Å². The lowest BCUT2D eigenvalue weighted by atomic mass is 9.33. The quantitative estimate of drug-likeness (QED) is 0.154. The summed E-state index contributed by atoms with van der Waals surface area (Å²) in [5, 5.41) is 4.97. The number of benzene rings is 11. The largest absolute Gasteiger partial charge is 0.311 e. The average molecular weight is 1240 g/mol. The second kappa shape index (κ2) is 21.6. The molecule has 0 fully saturated rings. The van der Waals surface area contributed by atoms with Crippen LogP contribution in [-0.4, -0.2) is 15.8 Å². The molecule has 474 valence electrons. The van der Waals surface area contributed by atoms with Crippen molar-refractivity contribution in [1.29, 1.82) is 0 Å². The van der Waals surface area contributed by atoms with E-state index in [0.717, 1.165) is 11.4 Å². The fraction of sp³-hybridized carbons (Fsp3) is 0.267. The van der Waals surface area contributed by atoms with Crippen molar-refractivity contribution in [3.8, 4) is 33.6 Å². The summed E-state index contributed by atoms with van der Waals surface area (Å²) in [6.07, 6.45) is 0. The van der Waals surface area contributed by atoms with E-state index in [4.69, 9.17) is 0 Å². The predicted octanol–water partition coefficient (Wildman–Crippen LogP) is 23.1. The highest BCUT2D eigenvalue weighted by molar-refractivity contribution is 7.00. The number of hydrogen-bond acceptors (Lipinski definition) is 2. The molecule has 95 heavy (non-hydrogen) atoms. The molecule has 0 radical (unpaired) electrons. The van der Waals surface area contributed by atoms with E-state index in [0.29, 0.717) is 0 Å². The fourth-order valence-corrected chi connectivity index (χ4v) is 15.6. The second-order valence-corrected chi connectivity index (χ2v) is 33.5. The van der Waals surface area contributed by atoms with Crippen molar-refractivity contribution in [3.63, 3.8) is 0 Å². The first-order chi connectivity index (χ1) is 44.9. The Balaban J connectivity index is 1.03. The third-order valence-electron chi connectivity index (χ3n) is 20.7. The highest BCUT2D eigenvalue weighted by atomic mass is 15.2. The first-order valence-electron chi connectivity index (χ1n) is 34.5. The van der Waals surface area contributed by atoms with Gasteiger partial charge in [0.2, 0.25) is 0 Å². The summed E-state index contributed by atoms with van der Waals surface area (Å²) in [7, 11) is 0. The third-order valence-corrected chi connectivity index (χ3v) is 20.7. The van der Waals surface area contributed by atoms with Gasteiger partial charge < -0.3 is 18.9 Å². The van der Waals surface area contributed by atoms with Crippen molar-refractivity contribution < 1.29 is 0 Å². The molecule has 0 unspecified atom stereocenters. The van der Waals surface area contributed by atoms with Crippen LogP contribution >= 0.6 is 0 Å². The van der Waals surface area contributed by atoms with Crippen LogP contribution < -0.4 is 26.2 Å². The third kappa shape index (κ3) is 10.2. The van der Waals surface area contributed by atoms with Crippen LogP contribution in [0.2, 0.25) is 0 Å². The molecule has 4 heterocycles. The summed E-state index contributed by atoms with van der Waals surface area (Å²) in [4.78, 5) is 5.27. The minimum absolute atomic E-state index is 0.0468. The first-order valence-corrected chi connectivity index (χ1v) is 34.5. The summed E-state index contributed by atoms with van der Waals surface area (Å²) < 4.78 is 5.16. The molecule has 0 bridgehead atoms. The Kier molecular flexibility index (Phi) is 14.1. The van der Waals surface area contributed by atoms with Gasteiger partial charge in [-0.3, -0.25) is 0 Å². The lowest BCUT2D eigenvalue weighted by molar-refractivity contribution is 0.568. The molecule has 0 saturated carbocycles. The molecule has 5 heteroatoms. The monoisotopic (exact) mass is 1240 g/mol. The van der Waals surface area contributed by atoms with Gasteiger partial charge in [-0.15, -0.1) is 0 Å². The molecule has 0 amide bonds. The van der Waals surface area contributed by atoms with E-state index in [1.54, 1.807) is 0 Å². The van der Waals surface area contributed by atoms with Gasteiger partial charge in [-0.25, -0.2) is 0 Å². The predicted molar refractivity (Wildman–Crippen MR) is 412 cm³/mol. The number of anilines is 6. The molecule has 4 nitrogen and oxygen atoms in total. The topological polar surface area (TPSA) is 16.3 Å². The minimum Gasteiger partial charge on any atom is -0.311 e. The molecule has 0 spiro atoms. The van der Waals surface area contributed by atoms with Crippen LogP contribution in [0.4, 0.5) is 34.1 Å². The van der Waals surface area contributed by atoms with Crippen molar-refractivity contribution in [2.45, 2.75) is 157 Å². The molecule has 2 aliphatic heterocycles. The molecule has 0 saturated heterocycles. The van der Waals surface area contributed by atoms with Crippen molar-refractivity contribution in [3.05, 3.63) is 258 Å². The molecule has 0 aliphatic carbocycles. The number of fused-ring (bicyclic) bond motifs is 10. The molecule has 13 aromatic rings. The van der Waals surface area contributed by atoms with Gasteiger partial charge >= 0.3 is 0 Å². The standard InChI is InChI=1S/C90H91BN4/c1-85(2,3)58-48-56(49-59(52-58)86(4,5)6)64-32-27-34-68-66-30-19-23-38-74(66)92(83(64)68)62-44-46-72-80(54-62)94(76-40-25-21-36-70(76)89(13,14)15)78-42-29-43-79-82(78)91(72)73-47-45-63(55-81(73)95(79)77-41-26-22-37-71(77)90(16,17)18)93-75-39-24-20-31-67(75)69-35-28-33-65(84(69)93)57-50-60(87(7,8)9)53-61(51-57)88(10,11)12/h19-55H,1-18H3. The zero-order valence-corrected chi connectivity index (χ0v) is 59.2. The number of para-hydroxylation sites is 6. The number of hydrogen-bond donors (Lipinski definition) is 0. The summed E-state index contributed by atoms with van der Waals surface area (Å²) in [6.45, 7) is 42.2. The maximum absolute atomic E-state index is 2.64. The van der Waals surface area contributed by atoms with E-state index in [1.807, 2.05) is 0 Å². The molecule has 2 aliphatic rings. The van der Waals surface area contributed by atoms with Crippen LogP contribution in [0.5, 0.6) is 0 Å². The normalized spacial score (nSPS) is 13.7. The summed E-state index contributed by atoms with van der Waals surface area (Å²) in [5.41, 5.74) is 30.4. The molecule has 15 rings (SSSR count). The second-order valence-electron chi connectivity index (χ2n) is 33.5. The van der Waals surface area contributed by atoms with E-state index in [9.17, 15) is 0 Å². The Labute approximate surface area is 565 Å². The smallest absolute Gasteiger partial charge is 0.252 e. The maximum Gasteiger partial charge on any atom is 0.252 e. The Hall–Kier alpha value is -9.32. The Morgan fingerprint density at radius 1 is 0.263 bits per heavy atom.